The molecule has 2 rings (SSSR count). The molecule has 1 N–H and O–H groups in total. The predicted molar refractivity (Wildman–Crippen MR) is 82.7 cm³/mol. The van der Waals surface area contributed by atoms with E-state index in [9.17, 15) is 4.79 Å². The maximum absolute atomic E-state index is 12.5. The molecule has 0 aliphatic heterocycles. The summed E-state index contributed by atoms with van der Waals surface area (Å²) in [5.41, 5.74) is 0.902. The molecule has 1 unspecified atom stereocenters. The highest BCUT2D eigenvalue weighted by Crippen LogP contribution is 2.27. The highest BCUT2D eigenvalue weighted by Gasteiger charge is 2.31. The first-order valence-corrected chi connectivity index (χ1v) is 7.75. The van der Waals surface area contributed by atoms with Crippen molar-refractivity contribution < 1.29 is 14.6 Å². The normalized spacial score (nSPS) is 16.2. The minimum absolute atomic E-state index is 0.0189. The first-order chi connectivity index (χ1) is 10.0. The molecule has 1 aromatic carbocycles. The molecule has 21 heavy (non-hydrogen) atoms. The summed E-state index contributed by atoms with van der Waals surface area (Å²) in [4.78, 5) is 14.3. The van der Waals surface area contributed by atoms with Gasteiger partial charge in [-0.3, -0.25) is 4.79 Å². The molecule has 0 aromatic heterocycles. The van der Waals surface area contributed by atoms with Gasteiger partial charge in [0.15, 0.2) is 6.10 Å². The van der Waals surface area contributed by atoms with Gasteiger partial charge in [-0.25, -0.2) is 0 Å². The average Bonchev–Trinajstić information content (AvgIpc) is 2.38. The van der Waals surface area contributed by atoms with Crippen LogP contribution in [0.5, 0.6) is 5.75 Å². The van der Waals surface area contributed by atoms with Gasteiger partial charge in [0.25, 0.3) is 5.91 Å². The smallest absolute Gasteiger partial charge is 0.263 e. The Morgan fingerprint density at radius 1 is 1.52 bits per heavy atom. The van der Waals surface area contributed by atoms with Crippen LogP contribution in [-0.2, 0) is 4.79 Å². The van der Waals surface area contributed by atoms with Crippen molar-refractivity contribution >= 4 is 17.5 Å². The van der Waals surface area contributed by atoms with Crippen molar-refractivity contribution in [2.45, 2.75) is 45.3 Å². The molecule has 5 heteroatoms. The van der Waals surface area contributed by atoms with Crippen LogP contribution in [0.2, 0.25) is 5.02 Å². The Hall–Kier alpha value is -1.26. The van der Waals surface area contributed by atoms with E-state index >= 15 is 0 Å². The van der Waals surface area contributed by atoms with Gasteiger partial charge in [0, 0.05) is 17.6 Å². The Bertz CT molecular complexity index is 502. The van der Waals surface area contributed by atoms with Crippen molar-refractivity contribution in [1.29, 1.82) is 0 Å². The summed E-state index contributed by atoms with van der Waals surface area (Å²) >= 11 is 5.92. The molecule has 0 heterocycles. The number of ether oxygens (including phenoxy) is 1. The molecule has 1 aliphatic rings. The van der Waals surface area contributed by atoms with Gasteiger partial charge >= 0.3 is 0 Å². The Labute approximate surface area is 130 Å². The molecule has 1 saturated carbocycles. The second-order valence-electron chi connectivity index (χ2n) is 5.51. The number of nitrogens with zero attached hydrogens (tertiary/aromatic N) is 1. The van der Waals surface area contributed by atoms with E-state index in [-0.39, 0.29) is 18.6 Å². The van der Waals surface area contributed by atoms with Gasteiger partial charge in [-0.15, -0.1) is 0 Å². The number of hydrogen-bond acceptors (Lipinski definition) is 3. The van der Waals surface area contributed by atoms with Crippen molar-refractivity contribution in [3.8, 4) is 5.75 Å². The van der Waals surface area contributed by atoms with Crippen molar-refractivity contribution in [3.63, 3.8) is 0 Å². The second kappa shape index (κ2) is 7.14. The molecule has 116 valence electrons. The number of rotatable bonds is 6. The molecule has 1 aromatic rings. The average molecular weight is 312 g/mol. The van der Waals surface area contributed by atoms with Crippen LogP contribution in [-0.4, -0.2) is 41.2 Å². The zero-order valence-electron chi connectivity index (χ0n) is 12.5. The van der Waals surface area contributed by atoms with Crippen molar-refractivity contribution in [2.24, 2.45) is 0 Å². The van der Waals surface area contributed by atoms with E-state index in [1.54, 1.807) is 24.0 Å². The number of aliphatic hydroxyl groups is 1. The van der Waals surface area contributed by atoms with Crippen LogP contribution in [0.1, 0.15) is 31.7 Å². The zero-order chi connectivity index (χ0) is 15.4. The Balaban J connectivity index is 2.03. The molecule has 1 atom stereocenters. The van der Waals surface area contributed by atoms with Gasteiger partial charge < -0.3 is 14.7 Å². The van der Waals surface area contributed by atoms with Crippen molar-refractivity contribution in [3.05, 3.63) is 28.8 Å². The molecule has 4 nitrogen and oxygen atoms in total. The minimum Gasteiger partial charge on any atom is -0.481 e. The fourth-order valence-corrected chi connectivity index (χ4v) is 2.72. The van der Waals surface area contributed by atoms with E-state index in [1.807, 2.05) is 13.0 Å². The first kappa shape index (κ1) is 16.1. The van der Waals surface area contributed by atoms with E-state index in [4.69, 9.17) is 21.4 Å². The molecule has 0 radical (unpaired) electrons. The molecular weight excluding hydrogens is 290 g/mol. The second-order valence-corrected chi connectivity index (χ2v) is 5.95. The molecule has 1 fully saturated rings. The predicted octanol–water partition coefficient (Wildman–Crippen LogP) is 2.79. The van der Waals surface area contributed by atoms with E-state index in [0.29, 0.717) is 17.3 Å². The van der Waals surface area contributed by atoms with Crippen molar-refractivity contribution in [1.82, 2.24) is 4.90 Å². The van der Waals surface area contributed by atoms with Crippen LogP contribution in [0.4, 0.5) is 0 Å². The van der Waals surface area contributed by atoms with Crippen LogP contribution in [0.15, 0.2) is 18.2 Å². The molecule has 0 spiro atoms. The van der Waals surface area contributed by atoms with Crippen LogP contribution >= 0.6 is 11.6 Å². The number of aliphatic hydroxyl groups excluding tert-OH is 1. The minimum atomic E-state index is -0.572. The summed E-state index contributed by atoms with van der Waals surface area (Å²) in [5, 5.41) is 9.80. The SMILES string of the molecule is Cc1cc(Cl)ccc1OC(C)C(=O)N(CCO)C1CCC1. The number of amides is 1. The molecule has 0 saturated heterocycles. The summed E-state index contributed by atoms with van der Waals surface area (Å²) in [7, 11) is 0. The van der Waals surface area contributed by atoms with Gasteiger partial charge in [0.2, 0.25) is 0 Å². The monoisotopic (exact) mass is 311 g/mol. The Morgan fingerprint density at radius 2 is 2.24 bits per heavy atom. The molecule has 1 aliphatic carbocycles. The zero-order valence-corrected chi connectivity index (χ0v) is 13.3. The number of halogens is 1. The molecule has 1 amide bonds. The highest BCUT2D eigenvalue weighted by molar-refractivity contribution is 6.30. The lowest BCUT2D eigenvalue weighted by molar-refractivity contribution is -0.142. The van der Waals surface area contributed by atoms with E-state index in [1.165, 1.54) is 0 Å². The fraction of sp³-hybridized carbons (Fsp3) is 0.562. The third-order valence-electron chi connectivity index (χ3n) is 3.93. The third-order valence-corrected chi connectivity index (χ3v) is 4.16. The number of carbonyl (C=O) groups excluding carboxylic acids is 1. The highest BCUT2D eigenvalue weighted by atomic mass is 35.5. The summed E-state index contributed by atoms with van der Waals surface area (Å²) in [6, 6.07) is 5.59. The third kappa shape index (κ3) is 3.89. The van der Waals surface area contributed by atoms with E-state index in [2.05, 4.69) is 0 Å². The molecule has 0 bridgehead atoms. The van der Waals surface area contributed by atoms with Gasteiger partial charge in [-0.1, -0.05) is 11.6 Å². The summed E-state index contributed by atoms with van der Waals surface area (Å²) in [5.74, 6) is 0.598. The maximum Gasteiger partial charge on any atom is 0.263 e. The Morgan fingerprint density at radius 3 is 2.76 bits per heavy atom. The summed E-state index contributed by atoms with van der Waals surface area (Å²) in [6.45, 7) is 4.00. The van der Waals surface area contributed by atoms with Crippen LogP contribution in [0, 0.1) is 6.92 Å². The van der Waals surface area contributed by atoms with E-state index < -0.39 is 6.10 Å². The maximum atomic E-state index is 12.5. The van der Waals surface area contributed by atoms with E-state index in [0.717, 1.165) is 24.8 Å². The number of benzene rings is 1. The van der Waals surface area contributed by atoms with Gasteiger partial charge in [0.05, 0.1) is 6.61 Å². The lowest BCUT2D eigenvalue weighted by Crippen LogP contribution is -2.50. The topological polar surface area (TPSA) is 49.8 Å². The van der Waals surface area contributed by atoms with Crippen molar-refractivity contribution in [2.75, 3.05) is 13.2 Å². The first-order valence-electron chi connectivity index (χ1n) is 7.37. The standard InChI is InChI=1S/C16H22ClNO3/c1-11-10-13(17)6-7-15(11)21-12(2)16(20)18(8-9-19)14-4-3-5-14/h6-7,10,12,14,19H,3-5,8-9H2,1-2H3. The number of carbonyl (C=O) groups is 1. The quantitative estimate of drug-likeness (QED) is 0.879. The van der Waals surface area contributed by atoms with Gasteiger partial charge in [-0.05, 0) is 56.9 Å². The summed E-state index contributed by atoms with van der Waals surface area (Å²) < 4.78 is 5.78. The molecular formula is C16H22ClNO3. The van der Waals surface area contributed by atoms with Crippen LogP contribution < -0.4 is 4.74 Å². The Kier molecular flexibility index (Phi) is 5.48. The number of hydrogen-bond donors (Lipinski definition) is 1. The summed E-state index contributed by atoms with van der Waals surface area (Å²) in [6.07, 6.45) is 2.60. The lowest BCUT2D eigenvalue weighted by Gasteiger charge is -2.38. The fourth-order valence-electron chi connectivity index (χ4n) is 2.50. The lowest BCUT2D eigenvalue weighted by atomic mass is 9.91. The van der Waals surface area contributed by atoms with Gasteiger partial charge in [-0.2, -0.15) is 0 Å². The number of aryl methyl sites for hydroxylation is 1. The van der Waals surface area contributed by atoms with Gasteiger partial charge in [0.1, 0.15) is 5.75 Å². The van der Waals surface area contributed by atoms with Crippen LogP contribution in [0.3, 0.4) is 0 Å². The largest absolute Gasteiger partial charge is 0.481 e. The van der Waals surface area contributed by atoms with Crippen LogP contribution in [0.25, 0.3) is 0 Å².